The van der Waals surface area contributed by atoms with Crippen molar-refractivity contribution in [3.8, 4) is 17.6 Å². The number of aliphatic carboxylic acids is 1. The minimum Gasteiger partial charge on any atom is -0.489 e. The molecule has 1 N–H and O–H groups in total. The van der Waals surface area contributed by atoms with Crippen LogP contribution in [0.4, 0.5) is 0 Å². The maximum absolute atomic E-state index is 11.1. The summed E-state index contributed by atoms with van der Waals surface area (Å²) in [6, 6.07) is 24.4. The van der Waals surface area contributed by atoms with Crippen molar-refractivity contribution in [2.24, 2.45) is 0 Å². The Bertz CT molecular complexity index is 1310. The van der Waals surface area contributed by atoms with Gasteiger partial charge in [-0.1, -0.05) is 60.5 Å². The number of fused-ring (bicyclic) bond motifs is 1. The molecule has 0 aliphatic heterocycles. The Morgan fingerprint density at radius 3 is 2.48 bits per heavy atom. The topological polar surface area (TPSA) is 51.5 Å². The van der Waals surface area contributed by atoms with Gasteiger partial charge in [0.25, 0.3) is 0 Å². The van der Waals surface area contributed by atoms with Crippen molar-refractivity contribution in [3.63, 3.8) is 0 Å². The molecular weight excluding hydrogens is 410 g/mol. The van der Waals surface area contributed by atoms with Crippen LogP contribution in [0.5, 0.6) is 5.75 Å². The number of carbonyl (C=O) groups is 1. The van der Waals surface area contributed by atoms with Crippen LogP contribution in [-0.4, -0.2) is 15.6 Å². The molecule has 0 saturated carbocycles. The molecule has 0 saturated heterocycles. The zero-order valence-electron chi connectivity index (χ0n) is 18.9. The number of hydrogen-bond acceptors (Lipinski definition) is 2. The number of nitrogens with zero attached hydrogens (tertiary/aromatic N) is 1. The molecule has 0 bridgehead atoms. The molecule has 0 unspecified atom stereocenters. The van der Waals surface area contributed by atoms with Gasteiger partial charge in [0.1, 0.15) is 12.4 Å². The summed E-state index contributed by atoms with van der Waals surface area (Å²) >= 11 is 0. The zero-order valence-corrected chi connectivity index (χ0v) is 18.9. The first-order valence-corrected chi connectivity index (χ1v) is 11.0. The molecule has 0 fully saturated rings. The van der Waals surface area contributed by atoms with Crippen LogP contribution < -0.4 is 4.74 Å². The Morgan fingerprint density at radius 2 is 1.79 bits per heavy atom. The number of carboxylic acids is 1. The standard InChI is InChI=1S/C29H27NO3/c1-3-7-25(18-28(31)32)23-12-14-27(15-13-23)33-20-26-11-10-24-16-17-30(29(24)21(26)2)19-22-8-5-4-6-9-22/h4-6,8-17,25H,18-20H2,1-2H3,(H,31,32)/t25-/m0/s1. The van der Waals surface area contributed by atoms with Crippen LogP contribution in [0.3, 0.4) is 0 Å². The van der Waals surface area contributed by atoms with Crippen molar-refractivity contribution in [2.45, 2.75) is 39.3 Å². The molecular formula is C29H27NO3. The Balaban J connectivity index is 1.50. The summed E-state index contributed by atoms with van der Waals surface area (Å²) in [6.07, 6.45) is 2.13. The Hall–Kier alpha value is -3.97. The molecule has 0 aliphatic carbocycles. The van der Waals surface area contributed by atoms with E-state index in [1.165, 1.54) is 22.0 Å². The number of aryl methyl sites for hydroxylation is 1. The van der Waals surface area contributed by atoms with E-state index in [2.05, 4.69) is 72.0 Å². The molecule has 3 aromatic carbocycles. The number of hydrogen-bond donors (Lipinski definition) is 1. The van der Waals surface area contributed by atoms with Crippen molar-refractivity contribution >= 4 is 16.9 Å². The molecule has 166 valence electrons. The van der Waals surface area contributed by atoms with Gasteiger partial charge in [0.15, 0.2) is 0 Å². The van der Waals surface area contributed by atoms with Gasteiger partial charge in [0, 0.05) is 12.7 Å². The van der Waals surface area contributed by atoms with Crippen LogP contribution in [0.25, 0.3) is 10.9 Å². The number of rotatable bonds is 8. The second-order valence-corrected chi connectivity index (χ2v) is 8.12. The van der Waals surface area contributed by atoms with Crippen LogP contribution in [0.1, 0.15) is 41.5 Å². The molecule has 0 aliphatic rings. The van der Waals surface area contributed by atoms with E-state index >= 15 is 0 Å². The maximum Gasteiger partial charge on any atom is 0.304 e. The van der Waals surface area contributed by atoms with E-state index in [1.54, 1.807) is 6.92 Å². The van der Waals surface area contributed by atoms with Gasteiger partial charge in [0.2, 0.25) is 0 Å². The van der Waals surface area contributed by atoms with E-state index < -0.39 is 5.97 Å². The van der Waals surface area contributed by atoms with E-state index in [0.29, 0.717) is 6.61 Å². The highest BCUT2D eigenvalue weighted by molar-refractivity contribution is 5.84. The van der Waals surface area contributed by atoms with Crippen molar-refractivity contribution in [1.82, 2.24) is 4.57 Å². The molecule has 1 heterocycles. The van der Waals surface area contributed by atoms with Gasteiger partial charge in [-0.3, -0.25) is 4.79 Å². The summed E-state index contributed by atoms with van der Waals surface area (Å²) in [5.41, 5.74) is 5.73. The summed E-state index contributed by atoms with van der Waals surface area (Å²) in [6.45, 7) is 5.16. The third kappa shape index (κ3) is 5.27. The van der Waals surface area contributed by atoms with Crippen molar-refractivity contribution in [1.29, 1.82) is 0 Å². The molecule has 4 nitrogen and oxygen atoms in total. The third-order valence-corrected chi connectivity index (χ3v) is 5.87. The van der Waals surface area contributed by atoms with Gasteiger partial charge in [-0.15, -0.1) is 5.92 Å². The summed E-state index contributed by atoms with van der Waals surface area (Å²) in [7, 11) is 0. The first kappa shape index (κ1) is 22.2. The summed E-state index contributed by atoms with van der Waals surface area (Å²) < 4.78 is 8.36. The lowest BCUT2D eigenvalue weighted by Gasteiger charge is -2.14. The number of benzene rings is 3. The molecule has 4 heteroatoms. The lowest BCUT2D eigenvalue weighted by molar-refractivity contribution is -0.137. The highest BCUT2D eigenvalue weighted by Gasteiger charge is 2.14. The van der Waals surface area contributed by atoms with Crippen LogP contribution in [0, 0.1) is 18.8 Å². The fourth-order valence-corrected chi connectivity index (χ4v) is 4.15. The monoisotopic (exact) mass is 437 g/mol. The molecule has 1 atom stereocenters. The van der Waals surface area contributed by atoms with Crippen molar-refractivity contribution in [2.75, 3.05) is 0 Å². The van der Waals surface area contributed by atoms with Gasteiger partial charge >= 0.3 is 5.97 Å². The van der Waals surface area contributed by atoms with E-state index in [9.17, 15) is 4.79 Å². The van der Waals surface area contributed by atoms with Gasteiger partial charge in [-0.2, -0.15) is 0 Å². The quantitative estimate of drug-likeness (QED) is 0.336. The molecule has 4 rings (SSSR count). The second-order valence-electron chi connectivity index (χ2n) is 8.12. The Labute approximate surface area is 194 Å². The number of carboxylic acid groups (broad SMARTS) is 1. The second kappa shape index (κ2) is 10.1. The smallest absolute Gasteiger partial charge is 0.304 e. The van der Waals surface area contributed by atoms with E-state index in [4.69, 9.17) is 9.84 Å². The average Bonchev–Trinajstić information content (AvgIpc) is 3.22. The Morgan fingerprint density at radius 1 is 1.03 bits per heavy atom. The van der Waals surface area contributed by atoms with E-state index in [0.717, 1.165) is 23.4 Å². The summed E-state index contributed by atoms with van der Waals surface area (Å²) in [5, 5.41) is 10.4. The minimum atomic E-state index is -0.856. The third-order valence-electron chi connectivity index (χ3n) is 5.87. The van der Waals surface area contributed by atoms with Crippen molar-refractivity contribution in [3.05, 3.63) is 101 Å². The van der Waals surface area contributed by atoms with Crippen LogP contribution in [0.2, 0.25) is 0 Å². The summed E-state index contributed by atoms with van der Waals surface area (Å²) in [4.78, 5) is 11.1. The molecule has 0 amide bonds. The SMILES string of the molecule is CC#C[C@@H](CC(=O)O)c1ccc(OCc2ccc3ccn(Cc4ccccc4)c3c2C)cc1. The molecule has 1 aromatic heterocycles. The van der Waals surface area contributed by atoms with E-state index in [1.807, 2.05) is 30.3 Å². The number of aromatic nitrogens is 1. The van der Waals surface area contributed by atoms with Gasteiger partial charge < -0.3 is 14.4 Å². The average molecular weight is 438 g/mol. The number of ether oxygens (including phenoxy) is 1. The highest BCUT2D eigenvalue weighted by Crippen LogP contribution is 2.26. The fourth-order valence-electron chi connectivity index (χ4n) is 4.15. The molecule has 33 heavy (non-hydrogen) atoms. The lowest BCUT2D eigenvalue weighted by Crippen LogP contribution is -2.05. The largest absolute Gasteiger partial charge is 0.489 e. The summed E-state index contributed by atoms with van der Waals surface area (Å²) in [5.74, 6) is 5.38. The fraction of sp³-hybridized carbons (Fsp3) is 0.207. The van der Waals surface area contributed by atoms with Crippen LogP contribution >= 0.6 is 0 Å². The first-order chi connectivity index (χ1) is 16.0. The predicted molar refractivity (Wildman–Crippen MR) is 131 cm³/mol. The lowest BCUT2D eigenvalue weighted by atomic mass is 9.96. The first-order valence-electron chi connectivity index (χ1n) is 11.0. The Kier molecular flexibility index (Phi) is 6.80. The zero-order chi connectivity index (χ0) is 23.2. The van der Waals surface area contributed by atoms with Crippen LogP contribution in [-0.2, 0) is 17.9 Å². The van der Waals surface area contributed by atoms with Gasteiger partial charge in [0.05, 0.1) is 17.9 Å². The van der Waals surface area contributed by atoms with E-state index in [-0.39, 0.29) is 12.3 Å². The van der Waals surface area contributed by atoms with Crippen molar-refractivity contribution < 1.29 is 14.6 Å². The van der Waals surface area contributed by atoms with Gasteiger partial charge in [-0.05, 0) is 59.7 Å². The highest BCUT2D eigenvalue weighted by atomic mass is 16.5. The minimum absolute atomic E-state index is 0.0110. The maximum atomic E-state index is 11.1. The normalized spacial score (nSPS) is 11.6. The predicted octanol–water partition coefficient (Wildman–Crippen LogP) is 6.16. The van der Waals surface area contributed by atoms with Gasteiger partial charge in [-0.25, -0.2) is 0 Å². The van der Waals surface area contributed by atoms with Crippen LogP contribution in [0.15, 0.2) is 79.0 Å². The molecule has 4 aromatic rings. The molecule has 0 spiro atoms. The molecule has 0 radical (unpaired) electrons.